The van der Waals surface area contributed by atoms with E-state index in [0.717, 1.165) is 18.5 Å². The standard InChI is InChI=1S/C19H24N4O/c1-3-15-7-5-6-8-17(15)18(4-2)22-19(24)10-12-23-13-16(9-11-20)21-14-23/h5-8,13-14,18H,3-4,9-10,12H2,1-2H3,(H,22,24). The average Bonchev–Trinajstić information content (AvgIpc) is 3.06. The molecule has 0 spiro atoms. The number of nitriles is 1. The van der Waals surface area contributed by atoms with Crippen LogP contribution in [0.15, 0.2) is 36.8 Å². The van der Waals surface area contributed by atoms with Gasteiger partial charge in [0, 0.05) is 19.2 Å². The van der Waals surface area contributed by atoms with Crippen molar-refractivity contribution in [1.29, 1.82) is 5.26 Å². The molecule has 126 valence electrons. The van der Waals surface area contributed by atoms with Gasteiger partial charge in [-0.3, -0.25) is 4.79 Å². The number of imidazole rings is 1. The number of amides is 1. The molecule has 1 aromatic heterocycles. The van der Waals surface area contributed by atoms with Crippen LogP contribution in [0.25, 0.3) is 0 Å². The van der Waals surface area contributed by atoms with E-state index in [-0.39, 0.29) is 11.9 Å². The molecule has 2 rings (SSSR count). The summed E-state index contributed by atoms with van der Waals surface area (Å²) in [5.41, 5.74) is 3.22. The normalized spacial score (nSPS) is 11.7. The molecule has 1 heterocycles. The highest BCUT2D eigenvalue weighted by Gasteiger charge is 2.15. The smallest absolute Gasteiger partial charge is 0.222 e. The minimum atomic E-state index is 0.0308. The van der Waals surface area contributed by atoms with Crippen LogP contribution in [-0.2, 0) is 24.2 Å². The van der Waals surface area contributed by atoms with E-state index >= 15 is 0 Å². The first-order valence-electron chi connectivity index (χ1n) is 8.42. The molecule has 0 bridgehead atoms. The molecule has 5 nitrogen and oxygen atoms in total. The summed E-state index contributed by atoms with van der Waals surface area (Å²) >= 11 is 0. The van der Waals surface area contributed by atoms with E-state index in [1.165, 1.54) is 11.1 Å². The van der Waals surface area contributed by atoms with Crippen molar-refractivity contribution in [3.05, 3.63) is 53.6 Å². The van der Waals surface area contributed by atoms with Crippen molar-refractivity contribution in [2.24, 2.45) is 0 Å². The minimum absolute atomic E-state index is 0.0308. The second kappa shape index (κ2) is 8.88. The number of carbonyl (C=O) groups is 1. The number of hydrogen-bond acceptors (Lipinski definition) is 3. The third-order valence-corrected chi connectivity index (χ3v) is 4.10. The van der Waals surface area contributed by atoms with E-state index in [1.54, 1.807) is 6.33 Å². The minimum Gasteiger partial charge on any atom is -0.349 e. The van der Waals surface area contributed by atoms with E-state index in [4.69, 9.17) is 5.26 Å². The van der Waals surface area contributed by atoms with Crippen LogP contribution < -0.4 is 5.32 Å². The summed E-state index contributed by atoms with van der Waals surface area (Å²) in [6, 6.07) is 10.4. The quantitative estimate of drug-likeness (QED) is 0.811. The zero-order valence-corrected chi connectivity index (χ0v) is 14.3. The molecule has 1 unspecified atom stereocenters. The Balaban J connectivity index is 1.93. The van der Waals surface area contributed by atoms with Crippen LogP contribution in [0.2, 0.25) is 0 Å². The van der Waals surface area contributed by atoms with Crippen LogP contribution in [0.5, 0.6) is 0 Å². The van der Waals surface area contributed by atoms with Crippen molar-refractivity contribution in [1.82, 2.24) is 14.9 Å². The average molecular weight is 324 g/mol. The Morgan fingerprint density at radius 3 is 2.88 bits per heavy atom. The molecule has 0 saturated heterocycles. The SMILES string of the molecule is CCc1ccccc1C(CC)NC(=O)CCn1cnc(CC#N)c1. The van der Waals surface area contributed by atoms with Crippen LogP contribution in [-0.4, -0.2) is 15.5 Å². The Bertz CT molecular complexity index is 714. The van der Waals surface area contributed by atoms with Crippen LogP contribution in [0.3, 0.4) is 0 Å². The van der Waals surface area contributed by atoms with E-state index in [2.05, 4.69) is 42.4 Å². The number of hydrogen-bond donors (Lipinski definition) is 1. The Morgan fingerprint density at radius 2 is 2.17 bits per heavy atom. The van der Waals surface area contributed by atoms with Gasteiger partial charge in [0.1, 0.15) is 0 Å². The summed E-state index contributed by atoms with van der Waals surface area (Å²) in [5, 5.41) is 11.8. The lowest BCUT2D eigenvalue weighted by atomic mass is 9.97. The van der Waals surface area contributed by atoms with Gasteiger partial charge in [-0.25, -0.2) is 4.98 Å². The van der Waals surface area contributed by atoms with Gasteiger partial charge >= 0.3 is 0 Å². The molecule has 1 N–H and O–H groups in total. The fraction of sp³-hybridized carbons (Fsp3) is 0.421. The van der Waals surface area contributed by atoms with Gasteiger partial charge in [0.05, 0.1) is 30.6 Å². The van der Waals surface area contributed by atoms with Crippen molar-refractivity contribution in [2.75, 3.05) is 0 Å². The lowest BCUT2D eigenvalue weighted by molar-refractivity contribution is -0.122. The molecule has 1 amide bonds. The first-order chi connectivity index (χ1) is 11.7. The Kier molecular flexibility index (Phi) is 6.56. The van der Waals surface area contributed by atoms with Gasteiger partial charge < -0.3 is 9.88 Å². The molecule has 24 heavy (non-hydrogen) atoms. The Hall–Kier alpha value is -2.61. The summed E-state index contributed by atoms with van der Waals surface area (Å²) in [7, 11) is 0. The van der Waals surface area contributed by atoms with E-state index < -0.39 is 0 Å². The van der Waals surface area contributed by atoms with Crippen LogP contribution >= 0.6 is 0 Å². The summed E-state index contributed by atoms with van der Waals surface area (Å²) in [5.74, 6) is 0.0308. The van der Waals surface area contributed by atoms with Gasteiger partial charge in [-0.1, -0.05) is 38.1 Å². The fourth-order valence-corrected chi connectivity index (χ4v) is 2.79. The third-order valence-electron chi connectivity index (χ3n) is 4.10. The second-order valence-electron chi connectivity index (χ2n) is 5.77. The molecule has 2 aromatic rings. The number of aryl methyl sites for hydroxylation is 2. The lowest BCUT2D eigenvalue weighted by Crippen LogP contribution is -2.29. The van der Waals surface area contributed by atoms with E-state index in [0.29, 0.717) is 19.4 Å². The molecular weight excluding hydrogens is 300 g/mol. The number of aromatic nitrogens is 2. The van der Waals surface area contributed by atoms with E-state index in [1.807, 2.05) is 22.9 Å². The Morgan fingerprint density at radius 1 is 1.38 bits per heavy atom. The maximum absolute atomic E-state index is 12.3. The second-order valence-corrected chi connectivity index (χ2v) is 5.77. The molecule has 1 atom stereocenters. The Labute approximate surface area is 143 Å². The van der Waals surface area contributed by atoms with Gasteiger partial charge in [0.25, 0.3) is 0 Å². The topological polar surface area (TPSA) is 70.7 Å². The number of benzene rings is 1. The van der Waals surface area contributed by atoms with Crippen molar-refractivity contribution in [2.45, 2.75) is 52.1 Å². The maximum Gasteiger partial charge on any atom is 0.222 e. The van der Waals surface area contributed by atoms with Gasteiger partial charge in [-0.15, -0.1) is 0 Å². The van der Waals surface area contributed by atoms with Crippen molar-refractivity contribution in [3.8, 4) is 6.07 Å². The van der Waals surface area contributed by atoms with E-state index in [9.17, 15) is 4.79 Å². The van der Waals surface area contributed by atoms with Crippen molar-refractivity contribution >= 4 is 5.91 Å². The van der Waals surface area contributed by atoms with Crippen LogP contribution in [0, 0.1) is 11.3 Å². The lowest BCUT2D eigenvalue weighted by Gasteiger charge is -2.20. The number of carbonyl (C=O) groups excluding carboxylic acids is 1. The highest BCUT2D eigenvalue weighted by atomic mass is 16.1. The highest BCUT2D eigenvalue weighted by Crippen LogP contribution is 2.21. The summed E-state index contributed by atoms with van der Waals surface area (Å²) < 4.78 is 1.85. The molecule has 1 aromatic carbocycles. The highest BCUT2D eigenvalue weighted by molar-refractivity contribution is 5.76. The summed E-state index contributed by atoms with van der Waals surface area (Å²) in [4.78, 5) is 16.4. The predicted molar refractivity (Wildman–Crippen MR) is 93.2 cm³/mol. The molecule has 0 aliphatic carbocycles. The van der Waals surface area contributed by atoms with Gasteiger partial charge in [-0.05, 0) is 24.0 Å². The first-order valence-corrected chi connectivity index (χ1v) is 8.42. The van der Waals surface area contributed by atoms with Crippen LogP contribution in [0.4, 0.5) is 0 Å². The number of nitrogens with zero attached hydrogens (tertiary/aromatic N) is 3. The maximum atomic E-state index is 12.3. The summed E-state index contributed by atoms with van der Waals surface area (Å²) in [6.07, 6.45) is 6.00. The van der Waals surface area contributed by atoms with Crippen LogP contribution in [0.1, 0.15) is 49.6 Å². The first kappa shape index (κ1) is 17.7. The number of nitrogens with one attached hydrogen (secondary N) is 1. The molecule has 0 aliphatic rings. The third kappa shape index (κ3) is 4.69. The van der Waals surface area contributed by atoms with Crippen molar-refractivity contribution in [3.63, 3.8) is 0 Å². The number of rotatable bonds is 8. The molecule has 0 aliphatic heterocycles. The molecule has 0 saturated carbocycles. The zero-order chi connectivity index (χ0) is 17.4. The molecular formula is C19H24N4O. The summed E-state index contributed by atoms with van der Waals surface area (Å²) in [6.45, 7) is 4.78. The van der Waals surface area contributed by atoms with Gasteiger partial charge in [0.2, 0.25) is 5.91 Å². The molecule has 5 heteroatoms. The molecule has 0 radical (unpaired) electrons. The monoisotopic (exact) mass is 324 g/mol. The zero-order valence-electron chi connectivity index (χ0n) is 14.3. The van der Waals surface area contributed by atoms with Gasteiger partial charge in [0.15, 0.2) is 0 Å². The predicted octanol–water partition coefficient (Wildman–Crippen LogP) is 3.17. The largest absolute Gasteiger partial charge is 0.349 e. The molecule has 0 fully saturated rings. The fourth-order valence-electron chi connectivity index (χ4n) is 2.79. The van der Waals surface area contributed by atoms with Gasteiger partial charge in [-0.2, -0.15) is 5.26 Å². The van der Waals surface area contributed by atoms with Crippen molar-refractivity contribution < 1.29 is 4.79 Å².